The lowest BCUT2D eigenvalue weighted by Gasteiger charge is -2.08. The monoisotopic (exact) mass is 375 g/mol. The summed E-state index contributed by atoms with van der Waals surface area (Å²) in [6.45, 7) is 5.24. The van der Waals surface area contributed by atoms with Gasteiger partial charge in [0.25, 0.3) is 5.91 Å². The number of amides is 1. The van der Waals surface area contributed by atoms with Crippen LogP contribution in [0, 0.1) is 0 Å². The van der Waals surface area contributed by atoms with Gasteiger partial charge in [-0.2, -0.15) is 0 Å². The maximum Gasteiger partial charge on any atom is 0.341 e. The number of carbonyl (C=O) groups excluding carboxylic acids is 3. The molecule has 1 amide bonds. The quantitative estimate of drug-likeness (QED) is 0.562. The molecule has 1 heterocycles. The molecule has 26 heavy (non-hydrogen) atoms. The lowest BCUT2D eigenvalue weighted by molar-refractivity contribution is -0.118. The number of benzene rings is 1. The maximum atomic E-state index is 12.2. The van der Waals surface area contributed by atoms with E-state index >= 15 is 0 Å². The van der Waals surface area contributed by atoms with E-state index in [1.807, 2.05) is 6.92 Å². The summed E-state index contributed by atoms with van der Waals surface area (Å²) in [5.74, 6) is -0.392. The molecule has 2 rings (SSSR count). The highest BCUT2D eigenvalue weighted by molar-refractivity contribution is 7.16. The molecule has 0 saturated heterocycles. The SMILES string of the molecule is CCOC(=O)c1cc(CC)sc1NC(=O)COc1ccc(C(C)=O)cc1. The first kappa shape index (κ1) is 19.7. The van der Waals surface area contributed by atoms with Gasteiger partial charge in [-0.3, -0.25) is 9.59 Å². The highest BCUT2D eigenvalue weighted by atomic mass is 32.1. The summed E-state index contributed by atoms with van der Waals surface area (Å²) in [4.78, 5) is 36.4. The standard InChI is InChI=1S/C19H21NO5S/c1-4-15-10-16(19(23)24-5-2)18(26-15)20-17(22)11-25-14-8-6-13(7-9-14)12(3)21/h6-10H,4-5,11H2,1-3H3,(H,20,22). The first-order valence-corrected chi connectivity index (χ1v) is 9.09. The topological polar surface area (TPSA) is 81.7 Å². The number of thiophene rings is 1. The molecule has 0 radical (unpaired) electrons. The van der Waals surface area contributed by atoms with Crippen molar-refractivity contribution in [2.45, 2.75) is 27.2 Å². The first-order chi connectivity index (χ1) is 12.4. The Hall–Kier alpha value is -2.67. The van der Waals surface area contributed by atoms with E-state index < -0.39 is 5.97 Å². The van der Waals surface area contributed by atoms with Gasteiger partial charge in [0.15, 0.2) is 12.4 Å². The summed E-state index contributed by atoms with van der Waals surface area (Å²) < 4.78 is 10.4. The van der Waals surface area contributed by atoms with Gasteiger partial charge in [-0.15, -0.1) is 11.3 Å². The highest BCUT2D eigenvalue weighted by Gasteiger charge is 2.18. The molecule has 0 unspecified atom stereocenters. The second-order valence-corrected chi connectivity index (χ2v) is 6.58. The van der Waals surface area contributed by atoms with Crippen molar-refractivity contribution in [2.75, 3.05) is 18.5 Å². The van der Waals surface area contributed by atoms with Crippen LogP contribution >= 0.6 is 11.3 Å². The first-order valence-electron chi connectivity index (χ1n) is 8.28. The van der Waals surface area contributed by atoms with Gasteiger partial charge < -0.3 is 14.8 Å². The molecule has 0 aliphatic heterocycles. The second-order valence-electron chi connectivity index (χ2n) is 5.45. The van der Waals surface area contributed by atoms with Crippen LogP contribution < -0.4 is 10.1 Å². The number of aryl methyl sites for hydroxylation is 1. The van der Waals surface area contributed by atoms with Crippen LogP contribution in [0.25, 0.3) is 0 Å². The Kier molecular flexibility index (Phi) is 6.91. The average Bonchev–Trinajstić information content (AvgIpc) is 3.03. The van der Waals surface area contributed by atoms with Crippen molar-refractivity contribution >= 4 is 34.0 Å². The Labute approximate surface area is 156 Å². The molecule has 1 aromatic heterocycles. The fraction of sp³-hybridized carbons (Fsp3) is 0.316. The van der Waals surface area contributed by atoms with Gasteiger partial charge in [0.1, 0.15) is 10.8 Å². The minimum atomic E-state index is -0.459. The van der Waals surface area contributed by atoms with Gasteiger partial charge in [0, 0.05) is 10.4 Å². The van der Waals surface area contributed by atoms with E-state index in [1.54, 1.807) is 37.3 Å². The van der Waals surface area contributed by atoms with Crippen molar-refractivity contribution < 1.29 is 23.9 Å². The van der Waals surface area contributed by atoms with Crippen LogP contribution in [0.2, 0.25) is 0 Å². The summed E-state index contributed by atoms with van der Waals surface area (Å²) in [5.41, 5.74) is 0.930. The van der Waals surface area contributed by atoms with Crippen LogP contribution in [0.3, 0.4) is 0 Å². The zero-order valence-electron chi connectivity index (χ0n) is 15.0. The number of esters is 1. The van der Waals surface area contributed by atoms with Crippen molar-refractivity contribution in [1.82, 2.24) is 0 Å². The van der Waals surface area contributed by atoms with Gasteiger partial charge in [-0.1, -0.05) is 6.92 Å². The number of rotatable bonds is 8. The van der Waals surface area contributed by atoms with Crippen LogP contribution in [0.1, 0.15) is 46.4 Å². The molecule has 6 nitrogen and oxygen atoms in total. The molecule has 0 saturated carbocycles. The number of ketones is 1. The fourth-order valence-corrected chi connectivity index (χ4v) is 3.17. The third kappa shape index (κ3) is 5.16. The Bertz CT molecular complexity index is 795. The normalized spacial score (nSPS) is 10.3. The van der Waals surface area contributed by atoms with Crippen molar-refractivity contribution in [3.8, 4) is 5.75 Å². The largest absolute Gasteiger partial charge is 0.484 e. The van der Waals surface area contributed by atoms with Crippen LogP contribution in [0.4, 0.5) is 5.00 Å². The van der Waals surface area contributed by atoms with E-state index in [4.69, 9.17) is 9.47 Å². The van der Waals surface area contributed by atoms with Crippen LogP contribution in [0.5, 0.6) is 5.75 Å². The molecular formula is C19H21NO5S. The molecular weight excluding hydrogens is 354 g/mol. The Balaban J connectivity index is 1.99. The number of hydrogen-bond acceptors (Lipinski definition) is 6. The molecule has 1 N–H and O–H groups in total. The minimum Gasteiger partial charge on any atom is -0.484 e. The molecule has 2 aromatic rings. The molecule has 0 fully saturated rings. The fourth-order valence-electron chi connectivity index (χ4n) is 2.17. The zero-order valence-corrected chi connectivity index (χ0v) is 15.8. The van der Waals surface area contributed by atoms with Crippen molar-refractivity contribution in [2.24, 2.45) is 0 Å². The highest BCUT2D eigenvalue weighted by Crippen LogP contribution is 2.29. The van der Waals surface area contributed by atoms with Gasteiger partial charge in [0.2, 0.25) is 0 Å². The Morgan fingerprint density at radius 1 is 1.12 bits per heavy atom. The van der Waals surface area contributed by atoms with Gasteiger partial charge in [0.05, 0.1) is 12.2 Å². The maximum absolute atomic E-state index is 12.2. The van der Waals surface area contributed by atoms with Crippen molar-refractivity contribution in [3.05, 3.63) is 46.3 Å². The minimum absolute atomic E-state index is 0.0368. The lowest BCUT2D eigenvalue weighted by Crippen LogP contribution is -2.21. The van der Waals surface area contributed by atoms with Gasteiger partial charge >= 0.3 is 5.97 Å². The molecule has 1 aromatic carbocycles. The summed E-state index contributed by atoms with van der Waals surface area (Å²) in [6, 6.07) is 8.28. The molecule has 0 atom stereocenters. The molecule has 0 aliphatic rings. The third-order valence-corrected chi connectivity index (χ3v) is 4.71. The summed E-state index contributed by atoms with van der Waals surface area (Å²) in [6.07, 6.45) is 0.756. The third-order valence-electron chi connectivity index (χ3n) is 3.51. The van der Waals surface area contributed by atoms with Crippen molar-refractivity contribution in [1.29, 1.82) is 0 Å². The average molecular weight is 375 g/mol. The lowest BCUT2D eigenvalue weighted by atomic mass is 10.1. The number of nitrogens with one attached hydrogen (secondary N) is 1. The number of hydrogen-bond donors (Lipinski definition) is 1. The molecule has 7 heteroatoms. The van der Waals surface area contributed by atoms with E-state index in [-0.39, 0.29) is 24.9 Å². The second kappa shape index (κ2) is 9.15. The predicted octanol–water partition coefficient (Wildman–Crippen LogP) is 3.71. The Morgan fingerprint density at radius 2 is 1.81 bits per heavy atom. The summed E-state index contributed by atoms with van der Waals surface area (Å²) >= 11 is 1.34. The predicted molar refractivity (Wildman–Crippen MR) is 100 cm³/mol. The summed E-state index contributed by atoms with van der Waals surface area (Å²) in [5, 5.41) is 3.16. The molecule has 0 aliphatic carbocycles. The van der Waals surface area contributed by atoms with Crippen LogP contribution in [-0.2, 0) is 16.0 Å². The molecule has 0 spiro atoms. The number of carbonyl (C=O) groups is 3. The van der Waals surface area contributed by atoms with Crippen LogP contribution in [-0.4, -0.2) is 30.9 Å². The van der Waals surface area contributed by atoms with E-state index in [0.717, 1.165) is 11.3 Å². The molecule has 0 bridgehead atoms. The van der Waals surface area contributed by atoms with E-state index in [0.29, 0.717) is 21.9 Å². The number of ether oxygens (including phenoxy) is 2. The number of anilines is 1. The van der Waals surface area contributed by atoms with E-state index in [1.165, 1.54) is 18.3 Å². The Morgan fingerprint density at radius 3 is 2.38 bits per heavy atom. The van der Waals surface area contributed by atoms with E-state index in [2.05, 4.69) is 5.32 Å². The van der Waals surface area contributed by atoms with Crippen molar-refractivity contribution in [3.63, 3.8) is 0 Å². The zero-order chi connectivity index (χ0) is 19.1. The van der Waals surface area contributed by atoms with E-state index in [9.17, 15) is 14.4 Å². The molecule has 138 valence electrons. The number of Topliss-reactive ketones (excluding diaryl/α,β-unsaturated/α-hetero) is 1. The van der Waals surface area contributed by atoms with Gasteiger partial charge in [-0.05, 0) is 50.6 Å². The van der Waals surface area contributed by atoms with Crippen LogP contribution in [0.15, 0.2) is 30.3 Å². The summed E-state index contributed by atoms with van der Waals surface area (Å²) in [7, 11) is 0. The van der Waals surface area contributed by atoms with Gasteiger partial charge in [-0.25, -0.2) is 4.79 Å². The smallest absolute Gasteiger partial charge is 0.341 e.